The molecule has 0 spiro atoms. The van der Waals surface area contributed by atoms with Crippen molar-refractivity contribution >= 4 is 11.9 Å². The van der Waals surface area contributed by atoms with Gasteiger partial charge in [-0.3, -0.25) is 4.79 Å². The highest BCUT2D eigenvalue weighted by atomic mass is 16.4. The molecule has 0 unspecified atom stereocenters. The van der Waals surface area contributed by atoms with Gasteiger partial charge in [0.1, 0.15) is 6.04 Å². The van der Waals surface area contributed by atoms with Gasteiger partial charge in [0.2, 0.25) is 5.91 Å². The van der Waals surface area contributed by atoms with Crippen LogP contribution in [0.3, 0.4) is 0 Å². The first-order valence-electron chi connectivity index (χ1n) is 6.52. The number of carboxylic acids is 1. The number of unbranched alkanes of at least 4 members (excludes halogenated alkanes) is 1. The quantitative estimate of drug-likeness (QED) is 0.676. The predicted octanol–water partition coefficient (Wildman–Crippen LogP) is 1.83. The van der Waals surface area contributed by atoms with Gasteiger partial charge in [-0.2, -0.15) is 5.26 Å². The summed E-state index contributed by atoms with van der Waals surface area (Å²) in [5.74, 6) is -0.780. The number of carbonyl (C=O) groups excluding carboxylic acids is 1. The number of nitrogens with zero attached hydrogens (tertiary/aromatic N) is 1. The summed E-state index contributed by atoms with van der Waals surface area (Å²) in [4.78, 5) is 22.7. The van der Waals surface area contributed by atoms with Crippen LogP contribution < -0.4 is 5.32 Å². The van der Waals surface area contributed by atoms with Crippen LogP contribution in [-0.4, -0.2) is 23.0 Å². The largest absolute Gasteiger partial charge is 0.480 e. The van der Waals surface area contributed by atoms with Gasteiger partial charge in [-0.15, -0.1) is 0 Å². The van der Waals surface area contributed by atoms with E-state index in [9.17, 15) is 9.59 Å². The minimum Gasteiger partial charge on any atom is -0.480 e. The Hall–Kier alpha value is -1.57. The van der Waals surface area contributed by atoms with Gasteiger partial charge in [-0.1, -0.05) is 12.8 Å². The first-order valence-corrected chi connectivity index (χ1v) is 6.52. The predicted molar refractivity (Wildman–Crippen MR) is 65.6 cm³/mol. The molecule has 1 saturated carbocycles. The van der Waals surface area contributed by atoms with Crippen LogP contribution in [0, 0.1) is 17.2 Å². The molecule has 0 radical (unpaired) electrons. The van der Waals surface area contributed by atoms with Gasteiger partial charge in [-0.25, -0.2) is 4.79 Å². The second kappa shape index (κ2) is 7.70. The maximum atomic E-state index is 11.7. The topological polar surface area (TPSA) is 90.2 Å². The number of carbonyl (C=O) groups is 2. The Balaban J connectivity index is 2.32. The molecule has 5 heteroatoms. The van der Waals surface area contributed by atoms with E-state index in [0.29, 0.717) is 31.6 Å². The third kappa shape index (κ3) is 5.17. The van der Waals surface area contributed by atoms with E-state index in [2.05, 4.69) is 5.32 Å². The zero-order chi connectivity index (χ0) is 13.4. The summed E-state index contributed by atoms with van der Waals surface area (Å²) < 4.78 is 0. The van der Waals surface area contributed by atoms with E-state index in [0.717, 1.165) is 12.8 Å². The number of carboxylic acid groups (broad SMARTS) is 1. The van der Waals surface area contributed by atoms with Gasteiger partial charge in [0.25, 0.3) is 0 Å². The van der Waals surface area contributed by atoms with Gasteiger partial charge in [0.05, 0.1) is 6.07 Å². The van der Waals surface area contributed by atoms with Gasteiger partial charge in [0, 0.05) is 12.8 Å². The number of nitriles is 1. The van der Waals surface area contributed by atoms with Crippen LogP contribution in [0.2, 0.25) is 0 Å². The Labute approximate surface area is 107 Å². The molecule has 0 bridgehead atoms. The van der Waals surface area contributed by atoms with Crippen molar-refractivity contribution in [3.05, 3.63) is 0 Å². The highest BCUT2D eigenvalue weighted by Crippen LogP contribution is 2.27. The zero-order valence-corrected chi connectivity index (χ0v) is 10.5. The SMILES string of the molecule is N#CCCC[C@H](NC(=O)CC1CCCC1)C(=O)O. The van der Waals surface area contributed by atoms with Crippen LogP contribution in [0.5, 0.6) is 0 Å². The van der Waals surface area contributed by atoms with Gasteiger partial charge in [-0.05, 0) is 31.6 Å². The lowest BCUT2D eigenvalue weighted by Gasteiger charge is -2.15. The van der Waals surface area contributed by atoms with E-state index in [1.165, 1.54) is 12.8 Å². The molecule has 2 N–H and O–H groups in total. The number of rotatable bonds is 7. The van der Waals surface area contributed by atoms with E-state index in [1.807, 2.05) is 6.07 Å². The van der Waals surface area contributed by atoms with Crippen LogP contribution in [0.4, 0.5) is 0 Å². The normalized spacial score (nSPS) is 17.1. The third-order valence-corrected chi connectivity index (χ3v) is 3.36. The van der Waals surface area contributed by atoms with Gasteiger partial charge >= 0.3 is 5.97 Å². The van der Waals surface area contributed by atoms with Crippen molar-refractivity contribution in [1.29, 1.82) is 5.26 Å². The molecular formula is C13H20N2O3. The Morgan fingerprint density at radius 2 is 2.06 bits per heavy atom. The van der Waals surface area contributed by atoms with Gasteiger partial charge in [0.15, 0.2) is 0 Å². The molecule has 1 fully saturated rings. The fourth-order valence-corrected chi connectivity index (χ4v) is 2.37. The van der Waals surface area contributed by atoms with E-state index in [-0.39, 0.29) is 5.91 Å². The average Bonchev–Trinajstić information content (AvgIpc) is 2.80. The first kappa shape index (κ1) is 14.5. The number of amides is 1. The molecule has 18 heavy (non-hydrogen) atoms. The minimum absolute atomic E-state index is 0.175. The zero-order valence-electron chi connectivity index (χ0n) is 10.5. The summed E-state index contributed by atoms with van der Waals surface area (Å²) >= 11 is 0. The third-order valence-electron chi connectivity index (χ3n) is 3.36. The molecule has 0 aliphatic heterocycles. The summed E-state index contributed by atoms with van der Waals surface area (Å²) in [5.41, 5.74) is 0. The molecule has 0 aromatic heterocycles. The summed E-state index contributed by atoms with van der Waals surface area (Å²) in [6.45, 7) is 0. The van der Waals surface area contributed by atoms with E-state index < -0.39 is 12.0 Å². The van der Waals surface area contributed by atoms with Crippen molar-refractivity contribution in [2.24, 2.45) is 5.92 Å². The van der Waals surface area contributed by atoms with Crippen LogP contribution in [-0.2, 0) is 9.59 Å². The van der Waals surface area contributed by atoms with Crippen LogP contribution in [0.25, 0.3) is 0 Å². The highest BCUT2D eigenvalue weighted by Gasteiger charge is 2.23. The van der Waals surface area contributed by atoms with Gasteiger partial charge < -0.3 is 10.4 Å². The molecule has 1 rings (SSSR count). The number of nitrogens with one attached hydrogen (secondary N) is 1. The van der Waals surface area contributed by atoms with Crippen LogP contribution in [0.15, 0.2) is 0 Å². The Morgan fingerprint density at radius 3 is 2.61 bits per heavy atom. The molecule has 1 amide bonds. The van der Waals surface area contributed by atoms with E-state index >= 15 is 0 Å². The maximum Gasteiger partial charge on any atom is 0.326 e. The Bertz CT molecular complexity index is 330. The van der Waals surface area contributed by atoms with Crippen molar-refractivity contribution < 1.29 is 14.7 Å². The van der Waals surface area contributed by atoms with Crippen molar-refractivity contribution in [3.8, 4) is 6.07 Å². The summed E-state index contributed by atoms with van der Waals surface area (Å²) in [6, 6.07) is 1.11. The standard InChI is InChI=1S/C13H20N2O3/c14-8-4-3-7-11(13(17)18)15-12(16)9-10-5-1-2-6-10/h10-11H,1-7,9H2,(H,15,16)(H,17,18)/t11-/m0/s1. The second-order valence-electron chi connectivity index (χ2n) is 4.86. The van der Waals surface area contributed by atoms with E-state index in [1.54, 1.807) is 0 Å². The molecule has 0 aromatic carbocycles. The van der Waals surface area contributed by atoms with Crippen molar-refractivity contribution in [2.75, 3.05) is 0 Å². The lowest BCUT2D eigenvalue weighted by molar-refractivity contribution is -0.142. The molecule has 0 aromatic rings. The number of aliphatic carboxylic acids is 1. The van der Waals surface area contributed by atoms with Crippen molar-refractivity contribution in [2.45, 2.75) is 57.4 Å². The summed E-state index contributed by atoms with van der Waals surface area (Å²) in [7, 11) is 0. The van der Waals surface area contributed by atoms with Crippen molar-refractivity contribution in [3.63, 3.8) is 0 Å². The lowest BCUT2D eigenvalue weighted by Crippen LogP contribution is -2.41. The van der Waals surface area contributed by atoms with Crippen LogP contribution >= 0.6 is 0 Å². The number of hydrogen-bond donors (Lipinski definition) is 2. The molecule has 0 heterocycles. The van der Waals surface area contributed by atoms with E-state index in [4.69, 9.17) is 10.4 Å². The molecule has 1 aliphatic carbocycles. The fraction of sp³-hybridized carbons (Fsp3) is 0.769. The monoisotopic (exact) mass is 252 g/mol. The van der Waals surface area contributed by atoms with Crippen LogP contribution in [0.1, 0.15) is 51.4 Å². The summed E-state index contributed by atoms with van der Waals surface area (Å²) in [5, 5.41) is 19.9. The second-order valence-corrected chi connectivity index (χ2v) is 4.86. The average molecular weight is 252 g/mol. The Kier molecular flexibility index (Phi) is 6.20. The Morgan fingerprint density at radius 1 is 1.39 bits per heavy atom. The molecule has 5 nitrogen and oxygen atoms in total. The molecule has 0 saturated heterocycles. The first-order chi connectivity index (χ1) is 8.63. The lowest BCUT2D eigenvalue weighted by atomic mass is 10.0. The molecule has 100 valence electrons. The number of hydrogen-bond acceptors (Lipinski definition) is 3. The molecule has 1 atom stereocenters. The highest BCUT2D eigenvalue weighted by molar-refractivity contribution is 5.83. The minimum atomic E-state index is -1.02. The molecular weight excluding hydrogens is 232 g/mol. The smallest absolute Gasteiger partial charge is 0.326 e. The maximum absolute atomic E-state index is 11.7. The van der Waals surface area contributed by atoms with Crippen molar-refractivity contribution in [1.82, 2.24) is 5.32 Å². The fourth-order valence-electron chi connectivity index (χ4n) is 2.37. The summed E-state index contributed by atoms with van der Waals surface area (Å²) in [6.07, 6.45) is 6.05. The molecule has 1 aliphatic rings.